The Morgan fingerprint density at radius 3 is 2.77 bits per heavy atom. The van der Waals surface area contributed by atoms with E-state index in [0.29, 0.717) is 6.54 Å². The maximum absolute atomic E-state index is 10.1. The first-order valence-corrected chi connectivity index (χ1v) is 4.23. The number of methoxy groups -OCH3 is 1. The maximum Gasteiger partial charge on any atom is 0.328 e. The molecule has 1 aliphatic heterocycles. The Bertz CT molecular complexity index is 219. The van der Waals surface area contributed by atoms with Crippen molar-refractivity contribution in [1.82, 2.24) is 4.90 Å². The molecule has 13 heavy (non-hydrogen) atoms. The molecule has 1 heterocycles. The molecule has 0 radical (unpaired) electrons. The summed E-state index contributed by atoms with van der Waals surface area (Å²) in [5.41, 5.74) is -0.0307. The number of nitrogens with zero attached hydrogens (tertiary/aromatic N) is 1. The summed E-state index contributed by atoms with van der Waals surface area (Å²) in [7, 11) is 1.70. The van der Waals surface area contributed by atoms with Crippen molar-refractivity contribution in [2.24, 2.45) is 0 Å². The lowest BCUT2D eigenvalue weighted by Crippen LogP contribution is -2.60. The van der Waals surface area contributed by atoms with Gasteiger partial charge in [-0.05, 0) is 6.92 Å². The Labute approximate surface area is 77.8 Å². The van der Waals surface area contributed by atoms with Crippen LogP contribution in [0.25, 0.3) is 0 Å². The van der Waals surface area contributed by atoms with E-state index in [-0.39, 0.29) is 5.60 Å². The molecule has 1 rings (SSSR count). The zero-order valence-electron chi connectivity index (χ0n) is 7.99. The van der Waals surface area contributed by atoms with Gasteiger partial charge in [-0.15, -0.1) is 0 Å². The van der Waals surface area contributed by atoms with E-state index in [1.165, 1.54) is 6.08 Å². The van der Waals surface area contributed by atoms with Gasteiger partial charge in [0, 0.05) is 32.8 Å². The summed E-state index contributed by atoms with van der Waals surface area (Å²) in [6.45, 7) is 4.47. The Morgan fingerprint density at radius 2 is 2.31 bits per heavy atom. The molecule has 0 spiro atoms. The van der Waals surface area contributed by atoms with Gasteiger partial charge >= 0.3 is 5.97 Å². The van der Waals surface area contributed by atoms with Crippen LogP contribution in [0.4, 0.5) is 0 Å². The van der Waals surface area contributed by atoms with Crippen molar-refractivity contribution in [2.45, 2.75) is 12.5 Å². The van der Waals surface area contributed by atoms with Gasteiger partial charge in [0.15, 0.2) is 0 Å². The Kier molecular flexibility index (Phi) is 3.06. The number of carbonyl (C=O) groups is 1. The Balaban J connectivity index is 2.18. The molecule has 0 bridgehead atoms. The number of rotatable bonds is 4. The zero-order valence-corrected chi connectivity index (χ0v) is 7.99. The summed E-state index contributed by atoms with van der Waals surface area (Å²) in [5, 5.41) is 8.34. The van der Waals surface area contributed by atoms with Crippen molar-refractivity contribution in [2.75, 3.05) is 26.7 Å². The third-order valence-corrected chi connectivity index (χ3v) is 2.23. The van der Waals surface area contributed by atoms with E-state index in [4.69, 9.17) is 9.84 Å². The van der Waals surface area contributed by atoms with Crippen molar-refractivity contribution in [1.29, 1.82) is 0 Å². The normalized spacial score (nSPS) is 21.7. The molecule has 0 saturated carbocycles. The molecule has 1 saturated heterocycles. The fraction of sp³-hybridized carbons (Fsp3) is 0.667. The van der Waals surface area contributed by atoms with Gasteiger partial charge in [-0.25, -0.2) is 4.79 Å². The van der Waals surface area contributed by atoms with Gasteiger partial charge in [0.2, 0.25) is 0 Å². The molecule has 1 aliphatic rings. The topological polar surface area (TPSA) is 49.8 Å². The predicted octanol–water partition coefficient (Wildman–Crippen LogP) is 0.348. The quantitative estimate of drug-likeness (QED) is 0.642. The van der Waals surface area contributed by atoms with Crippen molar-refractivity contribution in [3.63, 3.8) is 0 Å². The van der Waals surface area contributed by atoms with E-state index < -0.39 is 5.97 Å². The second kappa shape index (κ2) is 3.89. The van der Waals surface area contributed by atoms with Crippen molar-refractivity contribution < 1.29 is 14.6 Å². The first-order valence-electron chi connectivity index (χ1n) is 4.23. The average Bonchev–Trinajstić information content (AvgIpc) is 2.00. The van der Waals surface area contributed by atoms with Crippen molar-refractivity contribution >= 4 is 5.97 Å². The molecule has 74 valence electrons. The monoisotopic (exact) mass is 185 g/mol. The molecule has 0 unspecified atom stereocenters. The van der Waals surface area contributed by atoms with Gasteiger partial charge in [0.25, 0.3) is 0 Å². The van der Waals surface area contributed by atoms with Gasteiger partial charge in [0.05, 0.1) is 5.60 Å². The van der Waals surface area contributed by atoms with Gasteiger partial charge < -0.3 is 9.84 Å². The molecular formula is C9H15NO3. The summed E-state index contributed by atoms with van der Waals surface area (Å²) in [6, 6.07) is 0. The van der Waals surface area contributed by atoms with Gasteiger partial charge in [0.1, 0.15) is 0 Å². The fourth-order valence-corrected chi connectivity index (χ4v) is 1.46. The van der Waals surface area contributed by atoms with Crippen LogP contribution in [0.3, 0.4) is 0 Å². The maximum atomic E-state index is 10.1. The summed E-state index contributed by atoms with van der Waals surface area (Å²) in [6.07, 6.45) is 2.82. The van der Waals surface area contributed by atoms with Crippen LogP contribution in [0.2, 0.25) is 0 Å². The third kappa shape index (κ3) is 2.82. The van der Waals surface area contributed by atoms with Crippen LogP contribution in [0.1, 0.15) is 6.92 Å². The third-order valence-electron chi connectivity index (χ3n) is 2.23. The average molecular weight is 185 g/mol. The van der Waals surface area contributed by atoms with Crippen LogP contribution in [0.15, 0.2) is 12.2 Å². The van der Waals surface area contributed by atoms with Gasteiger partial charge in [-0.2, -0.15) is 0 Å². The van der Waals surface area contributed by atoms with Crippen LogP contribution < -0.4 is 0 Å². The molecule has 4 nitrogen and oxygen atoms in total. The van der Waals surface area contributed by atoms with E-state index >= 15 is 0 Å². The largest absolute Gasteiger partial charge is 0.478 e. The first-order chi connectivity index (χ1) is 6.06. The number of ether oxygens (including phenoxy) is 1. The van der Waals surface area contributed by atoms with E-state index in [1.807, 2.05) is 6.92 Å². The van der Waals surface area contributed by atoms with Crippen LogP contribution >= 0.6 is 0 Å². The molecule has 4 heteroatoms. The highest BCUT2D eigenvalue weighted by Crippen LogP contribution is 2.22. The lowest BCUT2D eigenvalue weighted by molar-refractivity contribution is -0.131. The van der Waals surface area contributed by atoms with Crippen molar-refractivity contribution in [3.05, 3.63) is 12.2 Å². The summed E-state index contributed by atoms with van der Waals surface area (Å²) >= 11 is 0. The highest BCUT2D eigenvalue weighted by Gasteiger charge is 2.37. The van der Waals surface area contributed by atoms with Crippen LogP contribution in [-0.4, -0.2) is 48.3 Å². The molecular weight excluding hydrogens is 170 g/mol. The smallest absolute Gasteiger partial charge is 0.328 e. The van der Waals surface area contributed by atoms with E-state index in [1.54, 1.807) is 13.2 Å². The van der Waals surface area contributed by atoms with Crippen LogP contribution in [0, 0.1) is 0 Å². The summed E-state index contributed by atoms with van der Waals surface area (Å²) < 4.78 is 5.25. The molecule has 0 amide bonds. The van der Waals surface area contributed by atoms with E-state index in [9.17, 15) is 4.79 Å². The van der Waals surface area contributed by atoms with Gasteiger partial charge in [-0.1, -0.05) is 6.08 Å². The Morgan fingerprint density at radius 1 is 1.69 bits per heavy atom. The van der Waals surface area contributed by atoms with Crippen molar-refractivity contribution in [3.8, 4) is 0 Å². The van der Waals surface area contributed by atoms with Crippen LogP contribution in [0.5, 0.6) is 0 Å². The minimum Gasteiger partial charge on any atom is -0.478 e. The highest BCUT2D eigenvalue weighted by molar-refractivity contribution is 5.79. The van der Waals surface area contributed by atoms with Crippen LogP contribution in [-0.2, 0) is 9.53 Å². The number of hydrogen-bond acceptors (Lipinski definition) is 3. The highest BCUT2D eigenvalue weighted by atomic mass is 16.5. The standard InChI is InChI=1S/C9H15NO3/c1-9(13-2)6-10(7-9)5-3-4-8(11)12/h3-4H,5-7H2,1-2H3,(H,11,12)/b4-3+. The molecule has 0 aromatic carbocycles. The van der Waals surface area contributed by atoms with Gasteiger partial charge in [-0.3, -0.25) is 4.90 Å². The summed E-state index contributed by atoms with van der Waals surface area (Å²) in [5.74, 6) is -0.893. The molecule has 0 aliphatic carbocycles. The Hall–Kier alpha value is -0.870. The summed E-state index contributed by atoms with van der Waals surface area (Å²) in [4.78, 5) is 12.3. The number of carboxylic acids is 1. The molecule has 1 fully saturated rings. The molecule has 0 atom stereocenters. The lowest BCUT2D eigenvalue weighted by atomic mass is 9.97. The molecule has 1 N–H and O–H groups in total. The number of aliphatic carboxylic acids is 1. The fourth-order valence-electron chi connectivity index (χ4n) is 1.46. The predicted molar refractivity (Wildman–Crippen MR) is 48.6 cm³/mol. The number of carboxylic acid groups (broad SMARTS) is 1. The second-order valence-electron chi connectivity index (χ2n) is 3.56. The lowest BCUT2D eigenvalue weighted by Gasteiger charge is -2.46. The minimum absolute atomic E-state index is 0.0307. The molecule has 0 aromatic rings. The molecule has 0 aromatic heterocycles. The number of hydrogen-bond donors (Lipinski definition) is 1. The minimum atomic E-state index is -0.893. The number of likely N-dealkylation sites (tertiary alicyclic amines) is 1. The zero-order chi connectivity index (χ0) is 9.90. The van der Waals surface area contributed by atoms with E-state index in [2.05, 4.69) is 4.90 Å². The second-order valence-corrected chi connectivity index (χ2v) is 3.56. The van der Waals surface area contributed by atoms with E-state index in [0.717, 1.165) is 13.1 Å². The SMILES string of the molecule is COC1(C)CN(C/C=C/C(=O)O)C1. The first kappa shape index (κ1) is 10.2.